The fourth-order valence-electron chi connectivity index (χ4n) is 18.2. The topological polar surface area (TPSA) is 0 Å². The number of hydrogen-bond acceptors (Lipinski definition) is 0. The van der Waals surface area contributed by atoms with E-state index in [9.17, 15) is 0 Å². The third kappa shape index (κ3) is 14.1. The van der Waals surface area contributed by atoms with Gasteiger partial charge < -0.3 is 0 Å². The molecule has 0 nitrogen and oxygen atoms in total. The van der Waals surface area contributed by atoms with Gasteiger partial charge in [-0.25, -0.2) is 0 Å². The fourth-order valence-corrected chi connectivity index (χ4v) is 130. The molecule has 0 aliphatic carbocycles. The molecule has 0 aromatic heterocycles. The first kappa shape index (κ1) is 65.9. The van der Waals surface area contributed by atoms with Gasteiger partial charge in [-0.3, -0.25) is 0 Å². The van der Waals surface area contributed by atoms with Gasteiger partial charge in [0.25, 0.3) is 0 Å². The second-order valence-corrected chi connectivity index (χ2v) is 65.6. The molecule has 0 radical (unpaired) electrons. The second-order valence-electron chi connectivity index (χ2n) is 22.6. The number of rotatable bonds is 44. The minimum atomic E-state index is -1.86. The normalized spacial score (nSPS) is 14.0. The van der Waals surface area contributed by atoms with Crippen molar-refractivity contribution in [3.05, 3.63) is 0 Å². The van der Waals surface area contributed by atoms with Gasteiger partial charge >= 0.3 is 439 Å². The summed E-state index contributed by atoms with van der Waals surface area (Å²) in [5, 5.41) is 0. The molecule has 0 N–H and O–H groups in total. The van der Waals surface area contributed by atoms with E-state index in [1.54, 1.807) is 109 Å². The quantitative estimate of drug-likeness (QED) is 0.0534. The summed E-state index contributed by atoms with van der Waals surface area (Å²) in [6, 6.07) is 31.2. The molecule has 0 saturated heterocycles. The standard InChI is InChI=1S/2C28H63Si3.Eu/c2*1-10-19-29(20-11-2,21-12-3)28(30(22-13-4,23-14-5)24-15-6)31(25-16-7,26-17-8)27-18-9;/h2*10-27H2,1-9H3;. The predicted octanol–water partition coefficient (Wildman–Crippen LogP) is 22.7. The Morgan fingerprint density at radius 2 is 0.254 bits per heavy atom. The van der Waals surface area contributed by atoms with Crippen molar-refractivity contribution in [2.75, 3.05) is 0 Å². The zero-order valence-corrected chi connectivity index (χ0v) is 56.3. The van der Waals surface area contributed by atoms with Gasteiger partial charge in [0, 0.05) is 0 Å². The van der Waals surface area contributed by atoms with E-state index in [0.29, 0.717) is 0 Å². The molecule has 0 aliphatic heterocycles. The minimum absolute atomic E-state index is 0.845. The number of hydrogen-bond donors (Lipinski definition) is 0. The molecular weight excluding hydrogens is 993 g/mol. The summed E-state index contributed by atoms with van der Waals surface area (Å²) >= 11 is -0.845. The summed E-state index contributed by atoms with van der Waals surface area (Å²) < 4.78 is 1.82. The molecule has 0 unspecified atom stereocenters. The summed E-state index contributed by atoms with van der Waals surface area (Å²) in [7, 11) is -11.2. The Morgan fingerprint density at radius 3 is 0.317 bits per heavy atom. The molecule has 0 aliphatic rings. The molecule has 0 fully saturated rings. The van der Waals surface area contributed by atoms with Gasteiger partial charge in [-0.1, -0.05) is 0 Å². The zero-order chi connectivity index (χ0) is 48.2. The van der Waals surface area contributed by atoms with Crippen molar-refractivity contribution < 1.29 is 44.6 Å². The van der Waals surface area contributed by atoms with Gasteiger partial charge in [-0.2, -0.15) is 0 Å². The Labute approximate surface area is 434 Å². The van der Waals surface area contributed by atoms with Crippen LogP contribution in [0.1, 0.15) is 240 Å². The maximum absolute atomic E-state index is 2.75. The Balaban J connectivity index is 11.5. The molecule has 0 heterocycles. The van der Waals surface area contributed by atoms with E-state index in [1.807, 2.05) is 0 Å². The van der Waals surface area contributed by atoms with E-state index in [0.717, 1.165) is -2.64 Å². The van der Waals surface area contributed by atoms with Crippen LogP contribution in [0.25, 0.3) is 0 Å². The fraction of sp³-hybridized carbons (Fsp3) is 1.00. The van der Waals surface area contributed by atoms with Gasteiger partial charge in [0.05, 0.1) is 0 Å². The molecule has 0 atom stereocenters. The SMILES string of the molecule is CCC[Si](CCC)(CCC)[C]([Eu][C]([Si](CCC)(CCC)CCC)([Si](CCC)(CCC)CCC)[Si](CCC)(CCC)CCC)([Si](CCC)(CCC)CCC)[Si](CCC)(CCC)CCC. The average Bonchev–Trinajstić information content (AvgIpc) is 3.23. The van der Waals surface area contributed by atoms with Crippen molar-refractivity contribution in [2.24, 2.45) is 0 Å². The van der Waals surface area contributed by atoms with Crippen LogP contribution in [0.5, 0.6) is 0 Å². The van der Waals surface area contributed by atoms with Crippen LogP contribution in [-0.2, 0) is 0 Å². The molecule has 0 saturated carbocycles. The van der Waals surface area contributed by atoms with Crippen molar-refractivity contribution in [2.45, 2.75) is 346 Å². The van der Waals surface area contributed by atoms with Gasteiger partial charge in [0.1, 0.15) is 0 Å². The van der Waals surface area contributed by atoms with Crippen molar-refractivity contribution >= 4 is 48.4 Å². The van der Waals surface area contributed by atoms with Crippen LogP contribution in [0, 0.1) is 44.6 Å². The van der Waals surface area contributed by atoms with Gasteiger partial charge in [-0.15, -0.1) is 0 Å². The second kappa shape index (κ2) is 34.3. The van der Waals surface area contributed by atoms with Crippen LogP contribution in [0.4, 0.5) is 0 Å². The van der Waals surface area contributed by atoms with Crippen LogP contribution >= 0.6 is 0 Å². The third-order valence-electron chi connectivity index (χ3n) is 17.8. The van der Waals surface area contributed by atoms with Crippen molar-refractivity contribution in [3.63, 3.8) is 0 Å². The van der Waals surface area contributed by atoms with Crippen LogP contribution in [0.2, 0.25) is 106 Å². The van der Waals surface area contributed by atoms with E-state index in [-0.39, 0.29) is 0 Å². The molecule has 381 valence electrons. The van der Waals surface area contributed by atoms with E-state index >= 15 is 0 Å². The van der Waals surface area contributed by atoms with Crippen molar-refractivity contribution in [1.82, 2.24) is 0 Å². The predicted molar refractivity (Wildman–Crippen MR) is 312 cm³/mol. The van der Waals surface area contributed by atoms with Crippen LogP contribution in [-0.4, -0.2) is 48.4 Å². The van der Waals surface area contributed by atoms with Crippen LogP contribution < -0.4 is 0 Å². The molecule has 0 aromatic carbocycles. The van der Waals surface area contributed by atoms with Gasteiger partial charge in [-0.05, 0) is 0 Å². The third-order valence-corrected chi connectivity index (χ3v) is 101. The molecule has 7 heteroatoms. The molecule has 0 bridgehead atoms. The molecule has 0 aromatic rings. The first-order valence-corrected chi connectivity index (χ1v) is 48.1. The Morgan fingerprint density at radius 1 is 0.175 bits per heavy atom. The summed E-state index contributed by atoms with van der Waals surface area (Å²) in [5.41, 5.74) is 0. The Bertz CT molecular complexity index is 794. The molecular formula is C56H126EuSi6. The summed E-state index contributed by atoms with van der Waals surface area (Å²) in [4.78, 5) is 0. The van der Waals surface area contributed by atoms with E-state index in [4.69, 9.17) is 0 Å². The van der Waals surface area contributed by atoms with E-state index in [1.165, 1.54) is 116 Å². The molecule has 0 amide bonds. The monoisotopic (exact) mass is 1120 g/mol. The summed E-state index contributed by atoms with van der Waals surface area (Å²) in [5.74, 6) is 0. The van der Waals surface area contributed by atoms with Crippen molar-refractivity contribution in [1.29, 1.82) is 0 Å². The Hall–Kier alpha value is 2.89. The zero-order valence-electron chi connectivity index (χ0n) is 47.8. The molecule has 63 heavy (non-hydrogen) atoms. The Kier molecular flexibility index (Phi) is 35.9. The van der Waals surface area contributed by atoms with Crippen LogP contribution in [0.15, 0.2) is 0 Å². The molecule has 0 rings (SSSR count). The van der Waals surface area contributed by atoms with Crippen LogP contribution in [0.3, 0.4) is 0 Å². The van der Waals surface area contributed by atoms with E-state index in [2.05, 4.69) is 125 Å². The summed E-state index contributed by atoms with van der Waals surface area (Å²) in [6.45, 7) is 49.5. The van der Waals surface area contributed by atoms with Crippen molar-refractivity contribution in [3.8, 4) is 0 Å². The first-order chi connectivity index (χ1) is 30.3. The summed E-state index contributed by atoms with van der Waals surface area (Å²) in [6.07, 6.45) is 27.1. The van der Waals surface area contributed by atoms with Gasteiger partial charge in [0.2, 0.25) is 0 Å². The van der Waals surface area contributed by atoms with Gasteiger partial charge in [0.15, 0.2) is 0 Å². The first-order valence-electron chi connectivity index (χ1n) is 30.0. The van der Waals surface area contributed by atoms with E-state index < -0.39 is 93.1 Å². The average molecular weight is 1120 g/mol. The maximum atomic E-state index is 2.75. The molecule has 0 spiro atoms.